The lowest BCUT2D eigenvalue weighted by atomic mass is 10.0. The lowest BCUT2D eigenvalue weighted by Crippen LogP contribution is -2.15. The van der Waals surface area contributed by atoms with Crippen LogP contribution in [0.1, 0.15) is 31.3 Å². The van der Waals surface area contributed by atoms with Gasteiger partial charge in [0, 0.05) is 17.7 Å². The van der Waals surface area contributed by atoms with E-state index in [-0.39, 0.29) is 23.9 Å². The van der Waals surface area contributed by atoms with Gasteiger partial charge in [-0.25, -0.2) is 8.78 Å². The summed E-state index contributed by atoms with van der Waals surface area (Å²) >= 11 is 0. The summed E-state index contributed by atoms with van der Waals surface area (Å²) in [5.41, 5.74) is 0.366. The standard InChI is InChI=1S/C14H18F2N2O.ClH/c15-14(16)11-2-1-3-12(8-11)18-13(19)5-4-10-6-7-17-9-10;/h1-3,8,10,14,17H,4-7,9H2,(H,18,19);1H. The number of benzene rings is 1. The van der Waals surface area contributed by atoms with E-state index in [9.17, 15) is 13.6 Å². The minimum absolute atomic E-state index is 0. The molecule has 2 N–H and O–H groups in total. The lowest BCUT2D eigenvalue weighted by Gasteiger charge is -2.09. The summed E-state index contributed by atoms with van der Waals surface area (Å²) in [6, 6.07) is 5.82. The average molecular weight is 305 g/mol. The first kappa shape index (κ1) is 16.9. The molecule has 1 unspecified atom stereocenters. The number of amides is 1. The second-order valence-electron chi connectivity index (χ2n) is 4.87. The first-order valence-electron chi connectivity index (χ1n) is 6.54. The monoisotopic (exact) mass is 304 g/mol. The van der Waals surface area contributed by atoms with Crippen LogP contribution in [-0.4, -0.2) is 19.0 Å². The largest absolute Gasteiger partial charge is 0.326 e. The van der Waals surface area contributed by atoms with Crippen molar-refractivity contribution in [1.29, 1.82) is 0 Å². The number of hydrogen-bond donors (Lipinski definition) is 2. The molecule has 1 fully saturated rings. The van der Waals surface area contributed by atoms with Crippen molar-refractivity contribution in [3.63, 3.8) is 0 Å². The van der Waals surface area contributed by atoms with Gasteiger partial charge in [0.05, 0.1) is 0 Å². The third kappa shape index (κ3) is 5.06. The Morgan fingerprint density at radius 1 is 1.45 bits per heavy atom. The smallest absolute Gasteiger partial charge is 0.263 e. The molecule has 0 saturated carbocycles. The SMILES string of the molecule is Cl.O=C(CCC1CCNC1)Nc1cccc(C(F)F)c1. The van der Waals surface area contributed by atoms with Crippen LogP contribution in [0, 0.1) is 5.92 Å². The van der Waals surface area contributed by atoms with Crippen LogP contribution in [-0.2, 0) is 4.79 Å². The molecule has 1 saturated heterocycles. The van der Waals surface area contributed by atoms with Gasteiger partial charge in [0.25, 0.3) is 6.43 Å². The van der Waals surface area contributed by atoms with Gasteiger partial charge in [-0.3, -0.25) is 4.79 Å². The Kier molecular flexibility index (Phi) is 6.88. The highest BCUT2D eigenvalue weighted by molar-refractivity contribution is 5.90. The van der Waals surface area contributed by atoms with E-state index in [1.165, 1.54) is 18.2 Å². The molecule has 0 bridgehead atoms. The van der Waals surface area contributed by atoms with Crippen LogP contribution in [0.5, 0.6) is 0 Å². The molecule has 1 aliphatic heterocycles. The molecule has 2 rings (SSSR count). The molecule has 0 spiro atoms. The zero-order chi connectivity index (χ0) is 13.7. The fraction of sp³-hybridized carbons (Fsp3) is 0.500. The fourth-order valence-electron chi connectivity index (χ4n) is 2.27. The van der Waals surface area contributed by atoms with Crippen molar-refractivity contribution < 1.29 is 13.6 Å². The Morgan fingerprint density at radius 2 is 2.25 bits per heavy atom. The van der Waals surface area contributed by atoms with E-state index < -0.39 is 6.43 Å². The van der Waals surface area contributed by atoms with Crippen LogP contribution in [0.3, 0.4) is 0 Å². The summed E-state index contributed by atoms with van der Waals surface area (Å²) in [5.74, 6) is 0.441. The van der Waals surface area contributed by atoms with Gasteiger partial charge in [-0.05, 0) is 44.0 Å². The van der Waals surface area contributed by atoms with Gasteiger partial charge in [-0.1, -0.05) is 12.1 Å². The van der Waals surface area contributed by atoms with Gasteiger partial charge in [0.2, 0.25) is 5.91 Å². The van der Waals surface area contributed by atoms with Crippen LogP contribution >= 0.6 is 12.4 Å². The van der Waals surface area contributed by atoms with Crippen LogP contribution < -0.4 is 10.6 Å². The van der Waals surface area contributed by atoms with Crippen molar-refractivity contribution in [2.24, 2.45) is 5.92 Å². The minimum atomic E-state index is -2.51. The van der Waals surface area contributed by atoms with Crippen molar-refractivity contribution in [1.82, 2.24) is 5.32 Å². The molecule has 1 aromatic rings. The predicted molar refractivity (Wildman–Crippen MR) is 77.5 cm³/mol. The number of carbonyl (C=O) groups is 1. The normalized spacial score (nSPS) is 17.9. The van der Waals surface area contributed by atoms with E-state index in [0.29, 0.717) is 18.0 Å². The van der Waals surface area contributed by atoms with Gasteiger partial charge < -0.3 is 10.6 Å². The summed E-state index contributed by atoms with van der Waals surface area (Å²) < 4.78 is 25.0. The molecule has 0 radical (unpaired) electrons. The van der Waals surface area contributed by atoms with Crippen molar-refractivity contribution in [2.75, 3.05) is 18.4 Å². The summed E-state index contributed by atoms with van der Waals surface area (Å²) in [6.07, 6.45) is -0.131. The molecular weight excluding hydrogens is 286 g/mol. The van der Waals surface area contributed by atoms with Crippen molar-refractivity contribution >= 4 is 24.0 Å². The van der Waals surface area contributed by atoms with E-state index in [1.54, 1.807) is 6.07 Å². The van der Waals surface area contributed by atoms with Gasteiger partial charge >= 0.3 is 0 Å². The molecule has 1 aliphatic rings. The molecule has 0 aliphatic carbocycles. The Labute approximate surface area is 123 Å². The van der Waals surface area contributed by atoms with Crippen LogP contribution in [0.25, 0.3) is 0 Å². The highest BCUT2D eigenvalue weighted by Gasteiger charge is 2.16. The van der Waals surface area contributed by atoms with Gasteiger partial charge in [-0.15, -0.1) is 12.4 Å². The molecule has 0 aromatic heterocycles. The number of halogens is 3. The maximum absolute atomic E-state index is 12.5. The molecule has 3 nitrogen and oxygen atoms in total. The van der Waals surface area contributed by atoms with E-state index in [4.69, 9.17) is 0 Å². The molecule has 112 valence electrons. The van der Waals surface area contributed by atoms with Crippen molar-refractivity contribution in [3.8, 4) is 0 Å². The first-order chi connectivity index (χ1) is 9.15. The maximum atomic E-state index is 12.5. The molecule has 1 heterocycles. The molecule has 1 amide bonds. The van der Waals surface area contributed by atoms with Crippen LogP contribution in [0.2, 0.25) is 0 Å². The first-order valence-corrected chi connectivity index (χ1v) is 6.54. The number of anilines is 1. The quantitative estimate of drug-likeness (QED) is 0.875. The third-order valence-corrected chi connectivity index (χ3v) is 3.36. The number of rotatable bonds is 5. The maximum Gasteiger partial charge on any atom is 0.263 e. The Balaban J connectivity index is 0.00000200. The van der Waals surface area contributed by atoms with E-state index in [1.807, 2.05) is 0 Å². The molecule has 1 atom stereocenters. The fourth-order valence-corrected chi connectivity index (χ4v) is 2.27. The molecule has 1 aromatic carbocycles. The zero-order valence-electron chi connectivity index (χ0n) is 11.1. The number of nitrogens with one attached hydrogen (secondary N) is 2. The topological polar surface area (TPSA) is 41.1 Å². The lowest BCUT2D eigenvalue weighted by molar-refractivity contribution is -0.116. The highest BCUT2D eigenvalue weighted by atomic mass is 35.5. The van der Waals surface area contributed by atoms with Gasteiger partial charge in [0.15, 0.2) is 0 Å². The van der Waals surface area contributed by atoms with E-state index in [2.05, 4.69) is 10.6 Å². The van der Waals surface area contributed by atoms with Crippen LogP contribution in [0.15, 0.2) is 24.3 Å². The molecular formula is C14H19ClF2N2O. The second kappa shape index (κ2) is 8.17. The van der Waals surface area contributed by atoms with Crippen LogP contribution in [0.4, 0.5) is 14.5 Å². The Bertz CT molecular complexity index is 437. The summed E-state index contributed by atoms with van der Waals surface area (Å²) in [7, 11) is 0. The number of alkyl halides is 2. The summed E-state index contributed by atoms with van der Waals surface area (Å²) in [6.45, 7) is 1.98. The number of carbonyl (C=O) groups excluding carboxylic acids is 1. The van der Waals surface area contributed by atoms with E-state index >= 15 is 0 Å². The Morgan fingerprint density at radius 3 is 2.90 bits per heavy atom. The van der Waals surface area contributed by atoms with E-state index in [0.717, 1.165) is 25.9 Å². The van der Waals surface area contributed by atoms with Crippen molar-refractivity contribution in [2.45, 2.75) is 25.7 Å². The number of hydrogen-bond acceptors (Lipinski definition) is 2. The summed E-state index contributed by atoms with van der Waals surface area (Å²) in [5, 5.41) is 5.92. The Hall–Kier alpha value is -1.20. The highest BCUT2D eigenvalue weighted by Crippen LogP contribution is 2.22. The molecule has 6 heteroatoms. The third-order valence-electron chi connectivity index (χ3n) is 3.36. The zero-order valence-corrected chi connectivity index (χ0v) is 11.9. The van der Waals surface area contributed by atoms with Gasteiger partial charge in [-0.2, -0.15) is 0 Å². The second-order valence-corrected chi connectivity index (χ2v) is 4.87. The average Bonchev–Trinajstić information content (AvgIpc) is 2.90. The summed E-state index contributed by atoms with van der Waals surface area (Å²) in [4.78, 5) is 11.7. The minimum Gasteiger partial charge on any atom is -0.326 e. The molecule has 20 heavy (non-hydrogen) atoms. The predicted octanol–water partition coefficient (Wildman–Crippen LogP) is 3.37. The van der Waals surface area contributed by atoms with Gasteiger partial charge in [0.1, 0.15) is 0 Å². The van der Waals surface area contributed by atoms with Crippen molar-refractivity contribution in [3.05, 3.63) is 29.8 Å².